The molecule has 0 spiro atoms. The van der Waals surface area contributed by atoms with E-state index in [4.69, 9.17) is 9.47 Å². The van der Waals surface area contributed by atoms with Crippen LogP contribution >= 0.6 is 0 Å². The molecular formula is C20H20O3. The molecule has 2 aliphatic carbocycles. The molecule has 0 radical (unpaired) electrons. The number of hydrogen-bond donors (Lipinski definition) is 0. The van der Waals surface area contributed by atoms with Crippen LogP contribution in [0.5, 0.6) is 0 Å². The number of allylic oxidation sites excluding steroid dienone is 2. The molecule has 1 aromatic rings. The van der Waals surface area contributed by atoms with E-state index in [0.29, 0.717) is 18.1 Å². The molecule has 3 aliphatic rings. The molecule has 3 nitrogen and oxygen atoms in total. The predicted octanol–water partition coefficient (Wildman–Crippen LogP) is 4.02. The standard InChI is InChI=1S/C20H20O3/c1-11-12(2)20(23-13(11)3)22-10-18-16-8-14-6-4-5-7-15(14)17(16)9-19(18)21/h4-7,10,16-17,20H,3,8-9H2,1-2H3/b18-10+. The Morgan fingerprint density at radius 2 is 2.00 bits per heavy atom. The zero-order valence-corrected chi connectivity index (χ0v) is 13.5. The monoisotopic (exact) mass is 308 g/mol. The van der Waals surface area contributed by atoms with Crippen LogP contribution in [0.2, 0.25) is 0 Å². The highest BCUT2D eigenvalue weighted by Crippen LogP contribution is 2.49. The van der Waals surface area contributed by atoms with Crippen molar-refractivity contribution in [1.82, 2.24) is 0 Å². The van der Waals surface area contributed by atoms with Gasteiger partial charge in [-0.05, 0) is 42.9 Å². The van der Waals surface area contributed by atoms with Crippen molar-refractivity contribution in [2.24, 2.45) is 5.92 Å². The average Bonchev–Trinajstić information content (AvgIpc) is 3.12. The van der Waals surface area contributed by atoms with Crippen molar-refractivity contribution in [3.63, 3.8) is 0 Å². The molecule has 1 fully saturated rings. The summed E-state index contributed by atoms with van der Waals surface area (Å²) in [5, 5.41) is 0. The molecule has 4 rings (SSSR count). The fraction of sp³-hybridized carbons (Fsp3) is 0.350. The average molecular weight is 308 g/mol. The molecule has 0 N–H and O–H groups in total. The van der Waals surface area contributed by atoms with Gasteiger partial charge in [-0.25, -0.2) is 0 Å². The van der Waals surface area contributed by atoms with E-state index in [1.807, 2.05) is 13.8 Å². The van der Waals surface area contributed by atoms with Gasteiger partial charge in [0.25, 0.3) is 6.29 Å². The SMILES string of the molecule is C=C1OC(O/C=C2/C(=O)CC3c4ccccc4CC23)C(C)=C1C. The summed E-state index contributed by atoms with van der Waals surface area (Å²) in [5.74, 6) is 1.40. The smallest absolute Gasteiger partial charge is 0.263 e. The summed E-state index contributed by atoms with van der Waals surface area (Å²) in [5.41, 5.74) is 5.53. The summed E-state index contributed by atoms with van der Waals surface area (Å²) in [7, 11) is 0. The topological polar surface area (TPSA) is 35.5 Å². The fourth-order valence-corrected chi connectivity index (χ4v) is 3.90. The number of carbonyl (C=O) groups is 1. The lowest BCUT2D eigenvalue weighted by atomic mass is 9.95. The Morgan fingerprint density at radius 1 is 1.22 bits per heavy atom. The number of rotatable bonds is 2. The van der Waals surface area contributed by atoms with Crippen molar-refractivity contribution in [2.45, 2.75) is 38.9 Å². The summed E-state index contributed by atoms with van der Waals surface area (Å²) in [4.78, 5) is 12.4. The first-order chi connectivity index (χ1) is 11.1. The first kappa shape index (κ1) is 14.3. The third-order valence-electron chi connectivity index (χ3n) is 5.44. The lowest BCUT2D eigenvalue weighted by Gasteiger charge is -2.14. The van der Waals surface area contributed by atoms with Crippen molar-refractivity contribution in [2.75, 3.05) is 0 Å². The Kier molecular flexibility index (Phi) is 3.19. The van der Waals surface area contributed by atoms with Crippen molar-refractivity contribution >= 4 is 5.78 Å². The first-order valence-electron chi connectivity index (χ1n) is 8.06. The Bertz CT molecular complexity index is 769. The summed E-state index contributed by atoms with van der Waals surface area (Å²) in [6, 6.07) is 8.43. The second-order valence-electron chi connectivity index (χ2n) is 6.63. The second kappa shape index (κ2) is 5.12. The highest BCUT2D eigenvalue weighted by Gasteiger charge is 2.44. The number of ether oxygens (including phenoxy) is 2. The normalized spacial score (nSPS) is 30.7. The highest BCUT2D eigenvalue weighted by atomic mass is 16.7. The molecule has 1 aromatic carbocycles. The summed E-state index contributed by atoms with van der Waals surface area (Å²) >= 11 is 0. The van der Waals surface area contributed by atoms with Crippen LogP contribution in [0.1, 0.15) is 37.3 Å². The van der Waals surface area contributed by atoms with Gasteiger partial charge in [0.1, 0.15) is 5.76 Å². The van der Waals surface area contributed by atoms with Gasteiger partial charge in [0.2, 0.25) is 0 Å². The molecule has 1 aliphatic heterocycles. The van der Waals surface area contributed by atoms with Crippen LogP contribution in [-0.4, -0.2) is 12.1 Å². The van der Waals surface area contributed by atoms with Crippen molar-refractivity contribution in [1.29, 1.82) is 0 Å². The lowest BCUT2D eigenvalue weighted by molar-refractivity contribution is -0.115. The van der Waals surface area contributed by atoms with Gasteiger partial charge in [-0.15, -0.1) is 0 Å². The van der Waals surface area contributed by atoms with Crippen molar-refractivity contribution < 1.29 is 14.3 Å². The Labute approximate surface area is 136 Å². The third-order valence-corrected chi connectivity index (χ3v) is 5.44. The van der Waals surface area contributed by atoms with Gasteiger partial charge >= 0.3 is 0 Å². The minimum Gasteiger partial charge on any atom is -0.458 e. The quantitative estimate of drug-likeness (QED) is 0.611. The number of hydrogen-bond acceptors (Lipinski definition) is 3. The van der Waals surface area contributed by atoms with Crippen LogP contribution < -0.4 is 0 Å². The molecule has 3 atom stereocenters. The van der Waals surface area contributed by atoms with Crippen LogP contribution in [0.25, 0.3) is 0 Å². The van der Waals surface area contributed by atoms with Crippen LogP contribution in [-0.2, 0) is 20.7 Å². The molecular weight excluding hydrogens is 288 g/mol. The van der Waals surface area contributed by atoms with E-state index in [1.165, 1.54) is 11.1 Å². The van der Waals surface area contributed by atoms with Crippen molar-refractivity contribution in [3.8, 4) is 0 Å². The van der Waals surface area contributed by atoms with Gasteiger partial charge in [0.15, 0.2) is 5.78 Å². The van der Waals surface area contributed by atoms with Crippen LogP contribution in [0.3, 0.4) is 0 Å². The maximum atomic E-state index is 12.4. The number of carbonyl (C=O) groups excluding carboxylic acids is 1. The zero-order valence-electron chi connectivity index (χ0n) is 13.5. The molecule has 0 amide bonds. The van der Waals surface area contributed by atoms with E-state index >= 15 is 0 Å². The lowest BCUT2D eigenvalue weighted by Crippen LogP contribution is -2.12. The van der Waals surface area contributed by atoms with E-state index in [0.717, 1.165) is 23.1 Å². The zero-order chi connectivity index (χ0) is 16.1. The molecule has 1 heterocycles. The van der Waals surface area contributed by atoms with Gasteiger partial charge < -0.3 is 9.47 Å². The van der Waals surface area contributed by atoms with E-state index in [9.17, 15) is 4.79 Å². The highest BCUT2D eigenvalue weighted by molar-refractivity contribution is 5.99. The van der Waals surface area contributed by atoms with E-state index in [-0.39, 0.29) is 11.7 Å². The molecule has 3 heteroatoms. The molecule has 0 bridgehead atoms. The molecule has 23 heavy (non-hydrogen) atoms. The number of benzene rings is 1. The molecule has 0 aromatic heterocycles. The number of ketones is 1. The summed E-state index contributed by atoms with van der Waals surface area (Å²) in [6.07, 6.45) is 2.70. The van der Waals surface area contributed by atoms with E-state index in [2.05, 4.69) is 30.8 Å². The molecule has 118 valence electrons. The minimum absolute atomic E-state index is 0.199. The minimum atomic E-state index is -0.453. The van der Waals surface area contributed by atoms with Gasteiger partial charge in [0, 0.05) is 23.5 Å². The Balaban J connectivity index is 1.57. The number of fused-ring (bicyclic) bond motifs is 3. The largest absolute Gasteiger partial charge is 0.458 e. The first-order valence-corrected chi connectivity index (χ1v) is 8.06. The fourth-order valence-electron chi connectivity index (χ4n) is 3.90. The van der Waals surface area contributed by atoms with Crippen LogP contribution in [0, 0.1) is 5.92 Å². The summed E-state index contributed by atoms with van der Waals surface area (Å²) in [6.45, 7) is 7.81. The number of Topliss-reactive ketones (excluding diaryl/α,β-unsaturated/α-hetero) is 1. The summed E-state index contributed by atoms with van der Waals surface area (Å²) < 4.78 is 11.4. The van der Waals surface area contributed by atoms with Gasteiger partial charge in [-0.2, -0.15) is 0 Å². The van der Waals surface area contributed by atoms with Crippen molar-refractivity contribution in [3.05, 3.63) is 70.7 Å². The van der Waals surface area contributed by atoms with Crippen LogP contribution in [0.4, 0.5) is 0 Å². The Hall–Kier alpha value is -2.29. The maximum absolute atomic E-state index is 12.4. The van der Waals surface area contributed by atoms with Gasteiger partial charge in [0.05, 0.1) is 6.26 Å². The predicted molar refractivity (Wildman–Crippen MR) is 87.6 cm³/mol. The van der Waals surface area contributed by atoms with Gasteiger partial charge in [-0.1, -0.05) is 30.8 Å². The van der Waals surface area contributed by atoms with E-state index < -0.39 is 6.29 Å². The third kappa shape index (κ3) is 2.14. The maximum Gasteiger partial charge on any atom is 0.263 e. The molecule has 3 unspecified atom stereocenters. The second-order valence-corrected chi connectivity index (χ2v) is 6.63. The molecule has 1 saturated carbocycles. The van der Waals surface area contributed by atoms with E-state index in [1.54, 1.807) is 6.26 Å². The van der Waals surface area contributed by atoms with Crippen LogP contribution in [0.15, 0.2) is 59.6 Å². The van der Waals surface area contributed by atoms with Gasteiger partial charge in [-0.3, -0.25) is 4.79 Å². The molecule has 0 saturated heterocycles. The Morgan fingerprint density at radius 3 is 2.74 bits per heavy atom.